The number of urea groups is 1. The van der Waals surface area contributed by atoms with Crippen molar-refractivity contribution in [3.63, 3.8) is 0 Å². The van der Waals surface area contributed by atoms with Gasteiger partial charge in [-0.1, -0.05) is 19.3 Å². The van der Waals surface area contributed by atoms with E-state index in [4.69, 9.17) is 11.2 Å². The van der Waals surface area contributed by atoms with E-state index >= 15 is 0 Å². The van der Waals surface area contributed by atoms with Crippen LogP contribution < -0.4 is 20.9 Å². The second-order valence-electron chi connectivity index (χ2n) is 7.30. The smallest absolute Gasteiger partial charge is 0.319 e. The predicted octanol–water partition coefficient (Wildman–Crippen LogP) is 2.96. The van der Waals surface area contributed by atoms with Gasteiger partial charge in [0.2, 0.25) is 5.91 Å². The number of nitrogens with one attached hydrogen (secondary N) is 3. The quantitative estimate of drug-likeness (QED) is 0.584. The number of nitrogens with zero attached hydrogens (tertiary/aromatic N) is 1. The minimum absolute atomic E-state index is 0.0684. The molecule has 3 rings (SSSR count). The minimum atomic E-state index is -0.703. The van der Waals surface area contributed by atoms with Crippen molar-refractivity contribution >= 4 is 34.9 Å². The third kappa shape index (κ3) is 6.09. The molecule has 0 spiro atoms. The second kappa shape index (κ2) is 11.0. The molecule has 1 fully saturated rings. The van der Waals surface area contributed by atoms with E-state index in [0.29, 0.717) is 42.9 Å². The maximum atomic E-state index is 12.8. The summed E-state index contributed by atoms with van der Waals surface area (Å²) in [6.45, 7) is 2.99. The molecule has 32 heavy (non-hydrogen) atoms. The van der Waals surface area contributed by atoms with Gasteiger partial charge in [0.15, 0.2) is 0 Å². The van der Waals surface area contributed by atoms with E-state index < -0.39 is 12.1 Å². The average Bonchev–Trinajstić information content (AvgIpc) is 2.80. The van der Waals surface area contributed by atoms with Gasteiger partial charge in [-0.2, -0.15) is 0 Å². The lowest BCUT2D eigenvalue weighted by atomic mass is 10.1. The molecule has 1 aliphatic heterocycles. The van der Waals surface area contributed by atoms with Gasteiger partial charge in [-0.3, -0.25) is 9.59 Å². The monoisotopic (exact) mass is 434 g/mol. The fraction of sp³-hybridized carbons (Fsp3) is 0.292. The standard InChI is InChI=1S/C24H26N4O4/c1-3-5-21(27-24(31)26-19-8-6-17(4-2)7-9-19)23(30)25-18-10-12-20(13-11-18)28-14-15-32-16-22(28)29/h2,6-13,21H,3,5,14-16H2,1H3,(H,25,30)(H2,26,27,31)/t21-/m1/s1. The molecule has 8 nitrogen and oxygen atoms in total. The van der Waals surface area contributed by atoms with Crippen LogP contribution in [-0.2, 0) is 14.3 Å². The zero-order valence-corrected chi connectivity index (χ0v) is 17.9. The zero-order chi connectivity index (χ0) is 22.9. The van der Waals surface area contributed by atoms with Gasteiger partial charge in [-0.15, -0.1) is 6.42 Å². The van der Waals surface area contributed by atoms with Crippen LogP contribution in [0.15, 0.2) is 48.5 Å². The van der Waals surface area contributed by atoms with Crippen molar-refractivity contribution in [3.05, 3.63) is 54.1 Å². The van der Waals surface area contributed by atoms with Gasteiger partial charge in [0.25, 0.3) is 5.91 Å². The number of terminal acetylenes is 1. The van der Waals surface area contributed by atoms with Crippen molar-refractivity contribution in [2.75, 3.05) is 35.3 Å². The van der Waals surface area contributed by atoms with E-state index in [0.717, 1.165) is 5.69 Å². The van der Waals surface area contributed by atoms with Crippen LogP contribution in [0.4, 0.5) is 21.9 Å². The van der Waals surface area contributed by atoms with Crippen LogP contribution >= 0.6 is 0 Å². The number of rotatable bonds is 7. The maximum Gasteiger partial charge on any atom is 0.319 e. The van der Waals surface area contributed by atoms with Gasteiger partial charge < -0.3 is 25.6 Å². The van der Waals surface area contributed by atoms with Gasteiger partial charge in [0.05, 0.1) is 6.61 Å². The molecule has 4 amide bonds. The molecule has 1 saturated heterocycles. The van der Waals surface area contributed by atoms with Gasteiger partial charge >= 0.3 is 6.03 Å². The summed E-state index contributed by atoms with van der Waals surface area (Å²) in [4.78, 5) is 38.7. The molecule has 0 aromatic heterocycles. The average molecular weight is 434 g/mol. The van der Waals surface area contributed by atoms with Crippen LogP contribution in [0, 0.1) is 12.3 Å². The number of hydrogen-bond acceptors (Lipinski definition) is 4. The Morgan fingerprint density at radius 2 is 1.75 bits per heavy atom. The Hall–Kier alpha value is -3.83. The summed E-state index contributed by atoms with van der Waals surface area (Å²) in [5.74, 6) is 2.10. The van der Waals surface area contributed by atoms with Crippen LogP contribution in [0.3, 0.4) is 0 Å². The molecule has 1 heterocycles. The number of ether oxygens (including phenoxy) is 1. The molecule has 8 heteroatoms. The van der Waals surface area contributed by atoms with Crippen molar-refractivity contribution < 1.29 is 19.1 Å². The van der Waals surface area contributed by atoms with E-state index in [9.17, 15) is 14.4 Å². The van der Waals surface area contributed by atoms with Crippen LogP contribution in [0.5, 0.6) is 0 Å². The van der Waals surface area contributed by atoms with E-state index in [2.05, 4.69) is 21.9 Å². The molecule has 166 valence electrons. The summed E-state index contributed by atoms with van der Waals surface area (Å²) in [5.41, 5.74) is 2.61. The highest BCUT2D eigenvalue weighted by Gasteiger charge is 2.22. The Bertz CT molecular complexity index is 996. The molecule has 1 atom stereocenters. The van der Waals surface area contributed by atoms with Crippen LogP contribution in [0.1, 0.15) is 25.3 Å². The van der Waals surface area contributed by atoms with Crippen LogP contribution in [0.25, 0.3) is 0 Å². The first kappa shape index (κ1) is 22.8. The van der Waals surface area contributed by atoms with Gasteiger partial charge in [-0.25, -0.2) is 4.79 Å². The molecule has 2 aromatic rings. The third-order valence-corrected chi connectivity index (χ3v) is 4.94. The lowest BCUT2D eigenvalue weighted by molar-refractivity contribution is -0.125. The van der Waals surface area contributed by atoms with Crippen molar-refractivity contribution in [2.45, 2.75) is 25.8 Å². The molecule has 0 bridgehead atoms. The van der Waals surface area contributed by atoms with Crippen molar-refractivity contribution in [2.24, 2.45) is 0 Å². The lowest BCUT2D eigenvalue weighted by Gasteiger charge is -2.27. The summed E-state index contributed by atoms with van der Waals surface area (Å²) in [5, 5.41) is 8.24. The van der Waals surface area contributed by atoms with E-state index in [1.54, 1.807) is 53.4 Å². The Balaban J connectivity index is 1.58. The molecule has 0 aliphatic carbocycles. The molecule has 0 unspecified atom stereocenters. The first-order chi connectivity index (χ1) is 15.5. The highest BCUT2D eigenvalue weighted by Crippen LogP contribution is 2.20. The largest absolute Gasteiger partial charge is 0.370 e. The van der Waals surface area contributed by atoms with Crippen molar-refractivity contribution in [3.8, 4) is 12.3 Å². The third-order valence-electron chi connectivity index (χ3n) is 4.94. The normalized spacial score (nSPS) is 14.2. The SMILES string of the molecule is C#Cc1ccc(NC(=O)N[C@H](CCC)C(=O)Nc2ccc(N3CCOCC3=O)cc2)cc1. The summed E-state index contributed by atoms with van der Waals surface area (Å²) in [7, 11) is 0. The molecule has 0 radical (unpaired) electrons. The predicted molar refractivity (Wildman–Crippen MR) is 123 cm³/mol. The molecular weight excluding hydrogens is 408 g/mol. The Morgan fingerprint density at radius 3 is 2.38 bits per heavy atom. The molecule has 0 saturated carbocycles. The molecule has 2 aromatic carbocycles. The van der Waals surface area contributed by atoms with Crippen LogP contribution in [0.2, 0.25) is 0 Å². The number of benzene rings is 2. The number of amides is 4. The number of carbonyl (C=O) groups is 3. The summed E-state index contributed by atoms with van der Waals surface area (Å²) in [6.07, 6.45) is 6.53. The first-order valence-electron chi connectivity index (χ1n) is 10.4. The fourth-order valence-corrected chi connectivity index (χ4v) is 3.28. The number of carbonyl (C=O) groups excluding carboxylic acids is 3. The maximum absolute atomic E-state index is 12.8. The highest BCUT2D eigenvalue weighted by atomic mass is 16.5. The number of morpholine rings is 1. The molecular formula is C24H26N4O4. The van der Waals surface area contributed by atoms with E-state index in [1.165, 1.54) is 0 Å². The Morgan fingerprint density at radius 1 is 1.09 bits per heavy atom. The van der Waals surface area contributed by atoms with Gasteiger partial charge in [0.1, 0.15) is 12.6 Å². The number of anilines is 3. The summed E-state index contributed by atoms with van der Waals surface area (Å²) >= 11 is 0. The van der Waals surface area contributed by atoms with Crippen molar-refractivity contribution in [1.29, 1.82) is 0 Å². The topological polar surface area (TPSA) is 99.8 Å². The van der Waals surface area contributed by atoms with Gasteiger partial charge in [-0.05, 0) is 55.0 Å². The molecule has 1 aliphatic rings. The van der Waals surface area contributed by atoms with E-state index in [1.807, 2.05) is 6.92 Å². The lowest BCUT2D eigenvalue weighted by Crippen LogP contribution is -2.45. The number of hydrogen-bond donors (Lipinski definition) is 3. The van der Waals surface area contributed by atoms with Gasteiger partial charge in [0, 0.05) is 29.2 Å². The highest BCUT2D eigenvalue weighted by molar-refractivity contribution is 5.99. The first-order valence-corrected chi connectivity index (χ1v) is 10.4. The van der Waals surface area contributed by atoms with E-state index in [-0.39, 0.29) is 18.4 Å². The Kier molecular flexibility index (Phi) is 7.84. The minimum Gasteiger partial charge on any atom is -0.370 e. The fourth-order valence-electron chi connectivity index (χ4n) is 3.28. The summed E-state index contributed by atoms with van der Waals surface area (Å²) in [6, 6.07) is 12.7. The van der Waals surface area contributed by atoms with Crippen molar-refractivity contribution in [1.82, 2.24) is 5.32 Å². The Labute approximate surface area is 187 Å². The second-order valence-corrected chi connectivity index (χ2v) is 7.30. The zero-order valence-electron chi connectivity index (χ0n) is 17.9. The molecule has 3 N–H and O–H groups in total. The summed E-state index contributed by atoms with van der Waals surface area (Å²) < 4.78 is 5.14. The van der Waals surface area contributed by atoms with Crippen LogP contribution in [-0.4, -0.2) is 43.6 Å².